The standard InChI is InChI=1S/C20H22O8/c1-23-13-8-6-11(10-15(13)25-3)19-20(22,27-5)18(21)12-7-9-14(24-2)17(26-4)16(12)28-19/h6-10,19,22H,1-5H3. The molecule has 2 atom stereocenters. The smallest absolute Gasteiger partial charge is 0.273 e. The van der Waals surface area contributed by atoms with E-state index >= 15 is 0 Å². The molecule has 1 aliphatic rings. The van der Waals surface area contributed by atoms with E-state index in [-0.39, 0.29) is 17.1 Å². The summed E-state index contributed by atoms with van der Waals surface area (Å²) in [6.07, 6.45) is -1.18. The van der Waals surface area contributed by atoms with Gasteiger partial charge in [0.2, 0.25) is 11.5 Å². The van der Waals surface area contributed by atoms with Crippen LogP contribution in [0, 0.1) is 0 Å². The first kappa shape index (κ1) is 19.8. The third-order valence-electron chi connectivity index (χ3n) is 4.68. The van der Waals surface area contributed by atoms with Crippen molar-refractivity contribution in [2.75, 3.05) is 35.5 Å². The topological polar surface area (TPSA) is 92.7 Å². The summed E-state index contributed by atoms with van der Waals surface area (Å²) in [5, 5.41) is 11.0. The lowest BCUT2D eigenvalue weighted by Crippen LogP contribution is -2.51. The Labute approximate surface area is 162 Å². The first-order chi connectivity index (χ1) is 13.4. The molecule has 0 fully saturated rings. The number of ether oxygens (including phenoxy) is 6. The Morgan fingerprint density at radius 3 is 2.11 bits per heavy atom. The van der Waals surface area contributed by atoms with Crippen LogP contribution in [0.5, 0.6) is 28.7 Å². The van der Waals surface area contributed by atoms with Gasteiger partial charge in [-0.3, -0.25) is 4.79 Å². The maximum Gasteiger partial charge on any atom is 0.273 e. The van der Waals surface area contributed by atoms with Crippen LogP contribution in [0.15, 0.2) is 30.3 Å². The lowest BCUT2D eigenvalue weighted by molar-refractivity contribution is -0.205. The van der Waals surface area contributed by atoms with Gasteiger partial charge in [-0.15, -0.1) is 0 Å². The maximum atomic E-state index is 13.1. The SMILES string of the molecule is COc1ccc(C2Oc3c(ccc(OC)c3OC)C(=O)C2(O)OC)cc1OC. The van der Waals surface area contributed by atoms with Gasteiger partial charge in [0.25, 0.3) is 5.79 Å². The average molecular weight is 390 g/mol. The predicted octanol–water partition coefficient (Wildman–Crippen LogP) is 2.37. The van der Waals surface area contributed by atoms with Crippen molar-refractivity contribution in [2.45, 2.75) is 11.9 Å². The first-order valence-electron chi connectivity index (χ1n) is 8.41. The van der Waals surface area contributed by atoms with Gasteiger partial charge in [-0.05, 0) is 24.3 Å². The Bertz CT molecular complexity index is 894. The normalized spacial score (nSPS) is 20.8. The number of rotatable bonds is 6. The number of carbonyl (C=O) groups excluding carboxylic acids is 1. The highest BCUT2D eigenvalue weighted by atomic mass is 16.7. The molecule has 28 heavy (non-hydrogen) atoms. The van der Waals surface area contributed by atoms with Crippen LogP contribution in [0.2, 0.25) is 0 Å². The number of aliphatic hydroxyl groups is 1. The third kappa shape index (κ3) is 2.90. The summed E-state index contributed by atoms with van der Waals surface area (Å²) in [5.74, 6) is -1.19. The number of ketones is 1. The molecule has 0 bridgehead atoms. The number of fused-ring (bicyclic) bond motifs is 1. The Hall–Kier alpha value is -2.97. The molecular formula is C20H22O8. The van der Waals surface area contributed by atoms with Crippen molar-refractivity contribution in [1.82, 2.24) is 0 Å². The quantitative estimate of drug-likeness (QED) is 0.752. The van der Waals surface area contributed by atoms with Crippen molar-refractivity contribution in [3.05, 3.63) is 41.5 Å². The van der Waals surface area contributed by atoms with Crippen LogP contribution in [0.3, 0.4) is 0 Å². The van der Waals surface area contributed by atoms with Crippen LogP contribution in [0.4, 0.5) is 0 Å². The zero-order valence-corrected chi connectivity index (χ0v) is 16.3. The second kappa shape index (κ2) is 7.57. The average Bonchev–Trinajstić information content (AvgIpc) is 2.74. The fourth-order valence-electron chi connectivity index (χ4n) is 3.21. The minimum atomic E-state index is -2.24. The van der Waals surface area contributed by atoms with E-state index in [9.17, 15) is 9.90 Å². The number of methoxy groups -OCH3 is 5. The zero-order chi connectivity index (χ0) is 20.5. The highest BCUT2D eigenvalue weighted by Crippen LogP contribution is 2.49. The van der Waals surface area contributed by atoms with Gasteiger partial charge in [0.1, 0.15) is 0 Å². The van der Waals surface area contributed by atoms with Crippen molar-refractivity contribution in [1.29, 1.82) is 0 Å². The molecule has 0 amide bonds. The van der Waals surface area contributed by atoms with Gasteiger partial charge in [-0.2, -0.15) is 0 Å². The molecule has 1 N–H and O–H groups in total. The molecule has 2 aromatic rings. The highest BCUT2D eigenvalue weighted by molar-refractivity contribution is 6.06. The first-order valence-corrected chi connectivity index (χ1v) is 8.41. The van der Waals surface area contributed by atoms with Gasteiger partial charge in [0.05, 0.1) is 34.0 Å². The molecule has 150 valence electrons. The van der Waals surface area contributed by atoms with Gasteiger partial charge in [0, 0.05) is 12.7 Å². The molecule has 0 spiro atoms. The molecule has 0 aromatic heterocycles. The summed E-state index contributed by atoms with van der Waals surface area (Å²) in [6, 6.07) is 7.97. The van der Waals surface area contributed by atoms with Crippen LogP contribution < -0.4 is 23.7 Å². The van der Waals surface area contributed by atoms with E-state index in [2.05, 4.69) is 0 Å². The van der Waals surface area contributed by atoms with Crippen LogP contribution in [-0.4, -0.2) is 52.2 Å². The molecule has 8 nitrogen and oxygen atoms in total. The number of hydrogen-bond acceptors (Lipinski definition) is 8. The number of carbonyl (C=O) groups is 1. The maximum absolute atomic E-state index is 13.1. The van der Waals surface area contributed by atoms with Crippen molar-refractivity contribution < 1.29 is 38.3 Å². The largest absolute Gasteiger partial charge is 0.493 e. The number of benzene rings is 2. The lowest BCUT2D eigenvalue weighted by atomic mass is 9.89. The molecule has 1 heterocycles. The van der Waals surface area contributed by atoms with Gasteiger partial charge in [-0.1, -0.05) is 6.07 Å². The van der Waals surface area contributed by atoms with Gasteiger partial charge in [0.15, 0.2) is 29.1 Å². The van der Waals surface area contributed by atoms with Crippen LogP contribution in [0.25, 0.3) is 0 Å². The third-order valence-corrected chi connectivity index (χ3v) is 4.68. The summed E-state index contributed by atoms with van der Waals surface area (Å²) in [7, 11) is 7.15. The van der Waals surface area contributed by atoms with Crippen molar-refractivity contribution in [3.63, 3.8) is 0 Å². The lowest BCUT2D eigenvalue weighted by Gasteiger charge is -2.38. The van der Waals surface area contributed by atoms with E-state index in [0.29, 0.717) is 22.8 Å². The second-order valence-electron chi connectivity index (χ2n) is 6.02. The van der Waals surface area contributed by atoms with Gasteiger partial charge in [-0.25, -0.2) is 0 Å². The molecule has 0 saturated heterocycles. The molecular weight excluding hydrogens is 368 g/mol. The van der Waals surface area contributed by atoms with Crippen LogP contribution >= 0.6 is 0 Å². The predicted molar refractivity (Wildman–Crippen MR) is 98.8 cm³/mol. The monoisotopic (exact) mass is 390 g/mol. The molecule has 3 rings (SSSR count). The minimum absolute atomic E-state index is 0.124. The van der Waals surface area contributed by atoms with Gasteiger partial charge < -0.3 is 33.5 Å². The molecule has 0 saturated carbocycles. The molecule has 1 aliphatic heterocycles. The van der Waals surface area contributed by atoms with E-state index in [1.54, 1.807) is 24.3 Å². The van der Waals surface area contributed by atoms with Crippen molar-refractivity contribution in [3.8, 4) is 28.7 Å². The summed E-state index contributed by atoms with van der Waals surface area (Å²) in [5.41, 5.74) is 0.574. The Kier molecular flexibility index (Phi) is 5.35. The van der Waals surface area contributed by atoms with Crippen LogP contribution in [-0.2, 0) is 4.74 Å². The molecule has 0 radical (unpaired) electrons. The van der Waals surface area contributed by atoms with Crippen LogP contribution in [0.1, 0.15) is 22.0 Å². The second-order valence-corrected chi connectivity index (χ2v) is 6.02. The Morgan fingerprint density at radius 2 is 1.54 bits per heavy atom. The van der Waals surface area contributed by atoms with E-state index in [0.717, 1.165) is 0 Å². The van der Waals surface area contributed by atoms with Crippen molar-refractivity contribution >= 4 is 5.78 Å². The number of hydrogen-bond donors (Lipinski definition) is 1. The fourth-order valence-corrected chi connectivity index (χ4v) is 3.21. The van der Waals surface area contributed by atoms with E-state index in [1.165, 1.54) is 41.6 Å². The highest BCUT2D eigenvalue weighted by Gasteiger charge is 2.53. The minimum Gasteiger partial charge on any atom is -0.493 e. The van der Waals surface area contributed by atoms with E-state index < -0.39 is 17.7 Å². The molecule has 0 aliphatic carbocycles. The summed E-state index contributed by atoms with van der Waals surface area (Å²) in [4.78, 5) is 13.1. The summed E-state index contributed by atoms with van der Waals surface area (Å²) < 4.78 is 32.5. The van der Waals surface area contributed by atoms with E-state index in [4.69, 9.17) is 28.4 Å². The summed E-state index contributed by atoms with van der Waals surface area (Å²) >= 11 is 0. The Balaban J connectivity index is 2.19. The molecule has 2 aromatic carbocycles. The number of Topliss-reactive ketones (excluding diaryl/α,β-unsaturated/α-hetero) is 1. The Morgan fingerprint density at radius 1 is 0.893 bits per heavy atom. The van der Waals surface area contributed by atoms with E-state index in [1.807, 2.05) is 0 Å². The zero-order valence-electron chi connectivity index (χ0n) is 16.3. The molecule has 2 unspecified atom stereocenters. The fraction of sp³-hybridized carbons (Fsp3) is 0.350. The van der Waals surface area contributed by atoms with Crippen molar-refractivity contribution in [2.24, 2.45) is 0 Å². The van der Waals surface area contributed by atoms with Gasteiger partial charge >= 0.3 is 0 Å². The summed E-state index contributed by atoms with van der Waals surface area (Å²) in [6.45, 7) is 0. The molecule has 8 heteroatoms.